The molecule has 0 aliphatic rings. The van der Waals surface area contributed by atoms with Gasteiger partial charge in [-0.3, -0.25) is 4.79 Å². The standard InChI is InChI=1S/C14H19N3O/c1-10-14(17(2)13(18)8-5-9-15)11-6-3-4-7-12(11)16-10/h3-4,6-7,16H,5,8-9,15H2,1-2H3. The second kappa shape index (κ2) is 5.23. The maximum atomic E-state index is 12.1. The predicted octanol–water partition coefficient (Wildman–Crippen LogP) is 2.18. The molecule has 0 radical (unpaired) electrons. The van der Waals surface area contributed by atoms with Crippen LogP contribution >= 0.6 is 0 Å². The lowest BCUT2D eigenvalue weighted by atomic mass is 10.2. The lowest BCUT2D eigenvalue weighted by Crippen LogP contribution is -2.26. The first-order valence-corrected chi connectivity index (χ1v) is 6.19. The third-order valence-electron chi connectivity index (χ3n) is 3.16. The number of H-pyrrole nitrogens is 1. The summed E-state index contributed by atoms with van der Waals surface area (Å²) in [5, 5.41) is 1.08. The Morgan fingerprint density at radius 1 is 1.39 bits per heavy atom. The van der Waals surface area contributed by atoms with E-state index in [4.69, 9.17) is 5.73 Å². The largest absolute Gasteiger partial charge is 0.357 e. The molecule has 2 aromatic rings. The minimum absolute atomic E-state index is 0.105. The highest BCUT2D eigenvalue weighted by atomic mass is 16.2. The molecule has 96 valence electrons. The average molecular weight is 245 g/mol. The Morgan fingerprint density at radius 2 is 2.11 bits per heavy atom. The third-order valence-corrected chi connectivity index (χ3v) is 3.16. The summed E-state index contributed by atoms with van der Waals surface area (Å²) in [5.41, 5.74) is 8.48. The SMILES string of the molecule is Cc1[nH]c2ccccc2c1N(C)C(=O)CCCN. The van der Waals surface area contributed by atoms with Gasteiger partial charge in [-0.25, -0.2) is 0 Å². The van der Waals surface area contributed by atoms with Crippen LogP contribution in [0.25, 0.3) is 10.9 Å². The van der Waals surface area contributed by atoms with Crippen molar-refractivity contribution in [2.75, 3.05) is 18.5 Å². The summed E-state index contributed by atoms with van der Waals surface area (Å²) in [4.78, 5) is 17.1. The van der Waals surface area contributed by atoms with E-state index in [0.29, 0.717) is 13.0 Å². The third kappa shape index (κ3) is 2.24. The van der Waals surface area contributed by atoms with Gasteiger partial charge in [-0.05, 0) is 26.0 Å². The molecule has 0 atom stereocenters. The lowest BCUT2D eigenvalue weighted by Gasteiger charge is -2.17. The number of carbonyl (C=O) groups excluding carboxylic acids is 1. The minimum atomic E-state index is 0.105. The Balaban J connectivity index is 2.35. The quantitative estimate of drug-likeness (QED) is 0.867. The number of aromatic nitrogens is 1. The number of aromatic amines is 1. The first-order chi connectivity index (χ1) is 8.65. The number of hydrogen-bond acceptors (Lipinski definition) is 2. The summed E-state index contributed by atoms with van der Waals surface area (Å²) in [6.45, 7) is 2.54. The van der Waals surface area contributed by atoms with Gasteiger partial charge in [0.15, 0.2) is 0 Å². The number of rotatable bonds is 4. The molecule has 0 aliphatic carbocycles. The Labute approximate surface area is 107 Å². The number of amides is 1. The molecule has 1 aromatic heterocycles. The van der Waals surface area contributed by atoms with Crippen LogP contribution in [0.3, 0.4) is 0 Å². The first-order valence-electron chi connectivity index (χ1n) is 6.19. The number of nitrogens with zero attached hydrogens (tertiary/aromatic N) is 1. The number of aryl methyl sites for hydroxylation is 1. The molecule has 1 heterocycles. The molecule has 0 bridgehead atoms. The van der Waals surface area contributed by atoms with Crippen LogP contribution in [0.5, 0.6) is 0 Å². The lowest BCUT2D eigenvalue weighted by molar-refractivity contribution is -0.118. The van der Waals surface area contributed by atoms with E-state index in [1.807, 2.05) is 38.2 Å². The predicted molar refractivity (Wildman–Crippen MR) is 74.7 cm³/mol. The molecule has 0 spiro atoms. The number of para-hydroxylation sites is 1. The molecule has 1 aromatic carbocycles. The Hall–Kier alpha value is -1.81. The van der Waals surface area contributed by atoms with Crippen LogP contribution in [0.15, 0.2) is 24.3 Å². The van der Waals surface area contributed by atoms with Crippen molar-refractivity contribution in [2.45, 2.75) is 19.8 Å². The van der Waals surface area contributed by atoms with Crippen LogP contribution < -0.4 is 10.6 Å². The summed E-state index contributed by atoms with van der Waals surface area (Å²) < 4.78 is 0. The summed E-state index contributed by atoms with van der Waals surface area (Å²) >= 11 is 0. The Morgan fingerprint density at radius 3 is 2.83 bits per heavy atom. The molecular weight excluding hydrogens is 226 g/mol. The fourth-order valence-corrected chi connectivity index (χ4v) is 2.24. The minimum Gasteiger partial charge on any atom is -0.357 e. The number of carbonyl (C=O) groups is 1. The van der Waals surface area contributed by atoms with Crippen molar-refractivity contribution in [3.63, 3.8) is 0 Å². The molecule has 0 unspecified atom stereocenters. The van der Waals surface area contributed by atoms with Crippen molar-refractivity contribution >= 4 is 22.5 Å². The van der Waals surface area contributed by atoms with Crippen LogP contribution in [-0.2, 0) is 4.79 Å². The van der Waals surface area contributed by atoms with Crippen molar-refractivity contribution in [3.8, 4) is 0 Å². The zero-order valence-corrected chi connectivity index (χ0v) is 10.9. The molecule has 3 N–H and O–H groups in total. The zero-order valence-electron chi connectivity index (χ0n) is 10.9. The fourth-order valence-electron chi connectivity index (χ4n) is 2.24. The van der Waals surface area contributed by atoms with Gasteiger partial charge in [0.25, 0.3) is 0 Å². The molecule has 0 saturated heterocycles. The molecule has 1 amide bonds. The van der Waals surface area contributed by atoms with Gasteiger partial charge in [0.05, 0.1) is 5.69 Å². The van der Waals surface area contributed by atoms with E-state index in [0.717, 1.165) is 28.7 Å². The van der Waals surface area contributed by atoms with E-state index in [2.05, 4.69) is 4.98 Å². The molecule has 2 rings (SSSR count). The molecule has 18 heavy (non-hydrogen) atoms. The van der Waals surface area contributed by atoms with Crippen molar-refractivity contribution in [1.29, 1.82) is 0 Å². The number of anilines is 1. The summed E-state index contributed by atoms with van der Waals surface area (Å²) in [5.74, 6) is 0.105. The van der Waals surface area contributed by atoms with Gasteiger partial charge < -0.3 is 15.6 Å². The normalized spacial score (nSPS) is 10.8. The maximum Gasteiger partial charge on any atom is 0.226 e. The topological polar surface area (TPSA) is 62.1 Å². The number of benzene rings is 1. The van der Waals surface area contributed by atoms with Crippen LogP contribution in [0.4, 0.5) is 5.69 Å². The molecule has 4 nitrogen and oxygen atoms in total. The van der Waals surface area contributed by atoms with Gasteiger partial charge in [-0.1, -0.05) is 18.2 Å². The zero-order chi connectivity index (χ0) is 13.1. The second-order valence-electron chi connectivity index (χ2n) is 4.49. The van der Waals surface area contributed by atoms with Crippen molar-refractivity contribution < 1.29 is 4.79 Å². The van der Waals surface area contributed by atoms with E-state index in [1.54, 1.807) is 4.90 Å². The highest BCUT2D eigenvalue weighted by molar-refractivity contribution is 6.04. The second-order valence-corrected chi connectivity index (χ2v) is 4.49. The van der Waals surface area contributed by atoms with E-state index in [9.17, 15) is 4.79 Å². The maximum absolute atomic E-state index is 12.1. The van der Waals surface area contributed by atoms with Crippen LogP contribution in [0, 0.1) is 6.92 Å². The van der Waals surface area contributed by atoms with Crippen LogP contribution in [0.1, 0.15) is 18.5 Å². The van der Waals surface area contributed by atoms with E-state index >= 15 is 0 Å². The molecule has 0 fully saturated rings. The molecule has 0 aliphatic heterocycles. The van der Waals surface area contributed by atoms with Gasteiger partial charge in [0, 0.05) is 30.1 Å². The van der Waals surface area contributed by atoms with Crippen LogP contribution in [-0.4, -0.2) is 24.5 Å². The fraction of sp³-hybridized carbons (Fsp3) is 0.357. The van der Waals surface area contributed by atoms with E-state index in [1.165, 1.54) is 0 Å². The van der Waals surface area contributed by atoms with Crippen molar-refractivity contribution in [2.24, 2.45) is 5.73 Å². The molecule has 0 saturated carbocycles. The van der Waals surface area contributed by atoms with E-state index in [-0.39, 0.29) is 5.91 Å². The number of fused-ring (bicyclic) bond motifs is 1. The van der Waals surface area contributed by atoms with Crippen molar-refractivity contribution in [1.82, 2.24) is 4.98 Å². The highest BCUT2D eigenvalue weighted by Crippen LogP contribution is 2.30. The van der Waals surface area contributed by atoms with Gasteiger partial charge in [0.1, 0.15) is 0 Å². The first kappa shape index (κ1) is 12.6. The molecular formula is C14H19N3O. The van der Waals surface area contributed by atoms with Gasteiger partial charge in [0.2, 0.25) is 5.91 Å². The highest BCUT2D eigenvalue weighted by Gasteiger charge is 2.17. The summed E-state index contributed by atoms with van der Waals surface area (Å²) in [6.07, 6.45) is 1.22. The average Bonchev–Trinajstić information content (AvgIpc) is 2.70. The Kier molecular flexibility index (Phi) is 3.67. The van der Waals surface area contributed by atoms with Gasteiger partial charge in [-0.15, -0.1) is 0 Å². The smallest absolute Gasteiger partial charge is 0.226 e. The molecule has 4 heteroatoms. The van der Waals surface area contributed by atoms with Gasteiger partial charge >= 0.3 is 0 Å². The van der Waals surface area contributed by atoms with E-state index < -0.39 is 0 Å². The summed E-state index contributed by atoms with van der Waals surface area (Å²) in [6, 6.07) is 8.01. The van der Waals surface area contributed by atoms with Crippen LogP contribution in [0.2, 0.25) is 0 Å². The number of nitrogens with one attached hydrogen (secondary N) is 1. The van der Waals surface area contributed by atoms with Gasteiger partial charge in [-0.2, -0.15) is 0 Å². The Bertz CT molecular complexity index is 559. The van der Waals surface area contributed by atoms with Crippen molar-refractivity contribution in [3.05, 3.63) is 30.0 Å². The monoisotopic (exact) mass is 245 g/mol. The summed E-state index contributed by atoms with van der Waals surface area (Å²) in [7, 11) is 1.82. The number of nitrogens with two attached hydrogens (primary N) is 1. The number of hydrogen-bond donors (Lipinski definition) is 2.